The molecule has 0 radical (unpaired) electrons. The highest BCUT2D eigenvalue weighted by Gasteiger charge is 2.27. The van der Waals surface area contributed by atoms with Crippen LogP contribution in [-0.2, 0) is 0 Å². The number of nitrogens with zero attached hydrogens (tertiary/aromatic N) is 1. The van der Waals surface area contributed by atoms with E-state index in [1.54, 1.807) is 9.12 Å². The Morgan fingerprint density at radius 1 is 1.04 bits per heavy atom. The number of hydrogen-bond donors (Lipinski definition) is 2. The van der Waals surface area contributed by atoms with Gasteiger partial charge in [-0.25, -0.2) is 4.72 Å². The van der Waals surface area contributed by atoms with Crippen LogP contribution in [-0.4, -0.2) is 31.1 Å². The number of likely N-dealkylation sites (N-methyl/N-ethyl adjacent to an activating group) is 1. The molecular weight excluding hydrogens is 441 g/mol. The second-order valence-corrected chi connectivity index (χ2v) is 8.37. The summed E-state index contributed by atoms with van der Waals surface area (Å²) < 4.78 is 3.61. The van der Waals surface area contributed by atoms with Gasteiger partial charge in [0.2, 0.25) is 0 Å². The predicted molar refractivity (Wildman–Crippen MR) is 117 cm³/mol. The molecule has 0 aliphatic carbocycles. The lowest BCUT2D eigenvalue weighted by Crippen LogP contribution is -2.40. The Morgan fingerprint density at radius 2 is 1.64 bits per heavy atom. The molecular formula is C20H26IN3S. The van der Waals surface area contributed by atoms with Gasteiger partial charge in [0.1, 0.15) is 0 Å². The van der Waals surface area contributed by atoms with Crippen LogP contribution in [0.25, 0.3) is 0 Å². The summed E-state index contributed by atoms with van der Waals surface area (Å²) in [6.45, 7) is 2.24. The van der Waals surface area contributed by atoms with Crippen molar-refractivity contribution in [3.63, 3.8) is 0 Å². The Morgan fingerprint density at radius 3 is 2.16 bits per heavy atom. The van der Waals surface area contributed by atoms with Crippen LogP contribution in [0, 0.1) is 0 Å². The Balaban J connectivity index is 1.83. The average Bonchev–Trinajstić information content (AvgIpc) is 3.07. The molecule has 134 valence electrons. The highest BCUT2D eigenvalue weighted by atomic mass is 127. The first-order valence-electron chi connectivity index (χ1n) is 8.86. The quantitative estimate of drug-likeness (QED) is 0.433. The van der Waals surface area contributed by atoms with Crippen molar-refractivity contribution in [2.45, 2.75) is 31.0 Å². The summed E-state index contributed by atoms with van der Waals surface area (Å²) in [5.41, 5.74) is 2.64. The van der Waals surface area contributed by atoms with Crippen LogP contribution in [0.5, 0.6) is 0 Å². The molecule has 0 spiro atoms. The Hall–Kier alpha value is -0.600. The average molecular weight is 467 g/mol. The van der Waals surface area contributed by atoms with Gasteiger partial charge < -0.3 is 10.2 Å². The smallest absolute Gasteiger partial charge is 0.0623 e. The monoisotopic (exact) mass is 467 g/mol. The first kappa shape index (κ1) is 19.2. The molecule has 3 nitrogen and oxygen atoms in total. The van der Waals surface area contributed by atoms with Gasteiger partial charge in [-0.15, -0.1) is 0 Å². The van der Waals surface area contributed by atoms with Crippen LogP contribution in [0.2, 0.25) is 0 Å². The van der Waals surface area contributed by atoms with Gasteiger partial charge in [-0.1, -0.05) is 60.7 Å². The molecule has 3 atom stereocenters. The van der Waals surface area contributed by atoms with Gasteiger partial charge >= 0.3 is 0 Å². The van der Waals surface area contributed by atoms with Crippen molar-refractivity contribution in [2.24, 2.45) is 0 Å². The molecule has 1 heterocycles. The summed E-state index contributed by atoms with van der Waals surface area (Å²) >= 11 is 2.32. The van der Waals surface area contributed by atoms with E-state index in [1.165, 1.54) is 30.5 Å². The maximum Gasteiger partial charge on any atom is 0.0623 e. The molecule has 1 saturated heterocycles. The van der Waals surface area contributed by atoms with Gasteiger partial charge in [-0.05, 0) is 46.7 Å². The number of likely N-dealkylation sites (tertiary alicyclic amines) is 1. The zero-order valence-electron chi connectivity index (χ0n) is 14.6. The van der Waals surface area contributed by atoms with E-state index in [2.05, 4.69) is 104 Å². The van der Waals surface area contributed by atoms with Gasteiger partial charge in [-0.2, -0.15) is 0 Å². The largest absolute Gasteiger partial charge is 0.307 e. The number of nitrogens with one attached hydrogen (secondary N) is 2. The van der Waals surface area contributed by atoms with Crippen molar-refractivity contribution in [3.8, 4) is 0 Å². The van der Waals surface area contributed by atoms with Crippen molar-refractivity contribution in [1.82, 2.24) is 14.9 Å². The van der Waals surface area contributed by atoms with E-state index in [1.807, 2.05) is 0 Å². The molecule has 0 bridgehead atoms. The topological polar surface area (TPSA) is 27.3 Å². The van der Waals surface area contributed by atoms with Gasteiger partial charge in [0.25, 0.3) is 0 Å². The van der Waals surface area contributed by atoms with Gasteiger partial charge in [-0.3, -0.25) is 0 Å². The lowest BCUT2D eigenvalue weighted by atomic mass is 9.93. The molecule has 0 amide bonds. The molecule has 0 aromatic heterocycles. The van der Waals surface area contributed by atoms with Crippen molar-refractivity contribution in [3.05, 3.63) is 71.8 Å². The Kier molecular flexibility index (Phi) is 7.61. The fourth-order valence-electron chi connectivity index (χ4n) is 3.63. The first-order valence-corrected chi connectivity index (χ1v) is 12.2. The SMILES string of the molecule is CN1CCC[C@H]1CN[C@H](c1ccccc1)[C@H](NSI)c1ccccc1. The van der Waals surface area contributed by atoms with E-state index in [4.69, 9.17) is 0 Å². The summed E-state index contributed by atoms with van der Waals surface area (Å²) in [7, 11) is 3.90. The number of rotatable bonds is 8. The summed E-state index contributed by atoms with van der Waals surface area (Å²) in [6, 6.07) is 22.6. The molecule has 1 aliphatic heterocycles. The molecule has 3 rings (SSSR count). The number of hydrogen-bond acceptors (Lipinski definition) is 4. The summed E-state index contributed by atoms with van der Waals surface area (Å²) in [5, 5.41) is 3.87. The molecule has 25 heavy (non-hydrogen) atoms. The van der Waals surface area contributed by atoms with Crippen LogP contribution in [0.1, 0.15) is 36.1 Å². The van der Waals surface area contributed by atoms with Crippen molar-refractivity contribution in [2.75, 3.05) is 20.1 Å². The molecule has 1 aliphatic rings. The minimum absolute atomic E-state index is 0.220. The molecule has 2 aromatic carbocycles. The van der Waals surface area contributed by atoms with Crippen molar-refractivity contribution >= 4 is 30.3 Å². The molecule has 2 N–H and O–H groups in total. The lowest BCUT2D eigenvalue weighted by Gasteiger charge is -2.31. The molecule has 0 unspecified atom stereocenters. The second-order valence-electron chi connectivity index (χ2n) is 6.66. The van der Waals surface area contributed by atoms with E-state index in [-0.39, 0.29) is 12.1 Å². The van der Waals surface area contributed by atoms with Crippen LogP contribution in [0.15, 0.2) is 60.7 Å². The fourth-order valence-corrected chi connectivity index (χ4v) is 4.82. The normalized spacial score (nSPS) is 20.5. The Labute approximate surface area is 167 Å². The van der Waals surface area contributed by atoms with E-state index in [0.717, 1.165) is 6.54 Å². The van der Waals surface area contributed by atoms with E-state index >= 15 is 0 Å². The highest BCUT2D eigenvalue weighted by molar-refractivity contribution is 14.2. The summed E-state index contributed by atoms with van der Waals surface area (Å²) in [6.07, 6.45) is 2.60. The summed E-state index contributed by atoms with van der Waals surface area (Å²) in [4.78, 5) is 2.48. The Bertz CT molecular complexity index is 625. The first-order chi connectivity index (χ1) is 12.3. The maximum atomic E-state index is 3.87. The van der Waals surface area contributed by atoms with Crippen LogP contribution >= 0.6 is 30.3 Å². The standard InChI is InChI=1S/C20H26IN3S/c1-24-14-8-13-18(24)15-22-19(16-9-4-2-5-10-16)20(23-25-21)17-11-6-3-7-12-17/h2-7,9-12,18-20,22-23H,8,13-15H2,1H3/t18-,19+,20+/m0/s1. The molecule has 2 aromatic rings. The van der Waals surface area contributed by atoms with Crippen LogP contribution < -0.4 is 10.0 Å². The third-order valence-corrected chi connectivity index (χ3v) is 6.17. The number of halogens is 1. The zero-order valence-corrected chi connectivity index (χ0v) is 17.5. The highest BCUT2D eigenvalue weighted by Crippen LogP contribution is 2.32. The summed E-state index contributed by atoms with van der Waals surface area (Å²) in [5.74, 6) is 0. The van der Waals surface area contributed by atoms with Gasteiger partial charge in [0.05, 0.1) is 12.1 Å². The zero-order chi connectivity index (χ0) is 17.5. The van der Waals surface area contributed by atoms with Crippen molar-refractivity contribution < 1.29 is 0 Å². The van der Waals surface area contributed by atoms with E-state index in [9.17, 15) is 0 Å². The second kappa shape index (κ2) is 9.92. The van der Waals surface area contributed by atoms with E-state index in [0.29, 0.717) is 6.04 Å². The molecule has 0 saturated carbocycles. The van der Waals surface area contributed by atoms with Crippen molar-refractivity contribution in [1.29, 1.82) is 0 Å². The van der Waals surface area contributed by atoms with Crippen LogP contribution in [0.3, 0.4) is 0 Å². The van der Waals surface area contributed by atoms with Crippen LogP contribution in [0.4, 0.5) is 0 Å². The molecule has 5 heteroatoms. The van der Waals surface area contributed by atoms with Gasteiger partial charge in [0, 0.05) is 33.8 Å². The minimum Gasteiger partial charge on any atom is -0.307 e. The third kappa shape index (κ3) is 5.20. The molecule has 1 fully saturated rings. The van der Waals surface area contributed by atoms with Gasteiger partial charge in [0.15, 0.2) is 0 Å². The van der Waals surface area contributed by atoms with E-state index < -0.39 is 0 Å². The fraction of sp³-hybridized carbons (Fsp3) is 0.400. The lowest BCUT2D eigenvalue weighted by molar-refractivity contribution is 0.283. The predicted octanol–water partition coefficient (Wildman–Crippen LogP) is 4.74. The maximum absolute atomic E-state index is 3.87. The number of benzene rings is 2. The third-order valence-electron chi connectivity index (χ3n) is 5.07. The minimum atomic E-state index is 0.220.